The summed E-state index contributed by atoms with van der Waals surface area (Å²) in [5, 5.41) is 19.7. The summed E-state index contributed by atoms with van der Waals surface area (Å²) < 4.78 is 5.61. The molecule has 7 heteroatoms. The molecule has 34 heavy (non-hydrogen) atoms. The Labute approximate surface area is 203 Å². The van der Waals surface area contributed by atoms with Gasteiger partial charge in [0.1, 0.15) is 11.8 Å². The molecule has 186 valence electrons. The van der Waals surface area contributed by atoms with Gasteiger partial charge in [-0.2, -0.15) is 0 Å². The molecule has 2 rings (SSSR count). The Kier molecular flexibility index (Phi) is 10.5. The van der Waals surface area contributed by atoms with Gasteiger partial charge in [0.25, 0.3) is 0 Å². The molecule has 2 amide bonds. The van der Waals surface area contributed by atoms with E-state index in [-0.39, 0.29) is 12.5 Å². The number of aliphatic hydroxyl groups excluding tert-OH is 1. The predicted octanol–water partition coefficient (Wildman–Crippen LogP) is 4.14. The van der Waals surface area contributed by atoms with Gasteiger partial charge >= 0.3 is 12.0 Å². The van der Waals surface area contributed by atoms with Crippen LogP contribution in [-0.4, -0.2) is 35.5 Å². The fraction of sp³-hybridized carbons (Fsp3) is 0.481. The molecule has 3 unspecified atom stereocenters. The van der Waals surface area contributed by atoms with Crippen LogP contribution in [0.4, 0.5) is 4.79 Å². The number of ether oxygens (including phenoxy) is 1. The molecule has 4 N–H and O–H groups in total. The maximum absolute atomic E-state index is 13.1. The summed E-state index contributed by atoms with van der Waals surface area (Å²) in [5.41, 5.74) is 1.12. The van der Waals surface area contributed by atoms with Crippen molar-refractivity contribution in [3.05, 3.63) is 71.8 Å². The second-order valence-corrected chi connectivity index (χ2v) is 9.90. The van der Waals surface area contributed by atoms with Crippen LogP contribution < -0.4 is 16.0 Å². The number of carbonyl (C=O) groups is 2. The maximum atomic E-state index is 13.1. The van der Waals surface area contributed by atoms with Crippen LogP contribution in [0.25, 0.3) is 0 Å². The molecule has 2 aromatic carbocycles. The number of hydrogen-bond donors (Lipinski definition) is 4. The maximum Gasteiger partial charge on any atom is 0.315 e. The molecule has 0 aliphatic carbocycles. The highest BCUT2D eigenvalue weighted by Gasteiger charge is 2.34. The van der Waals surface area contributed by atoms with E-state index in [1.165, 1.54) is 0 Å². The highest BCUT2D eigenvalue weighted by molar-refractivity contribution is 5.75. The van der Waals surface area contributed by atoms with Crippen LogP contribution in [-0.2, 0) is 16.1 Å². The van der Waals surface area contributed by atoms with E-state index in [0.717, 1.165) is 11.1 Å². The summed E-state index contributed by atoms with van der Waals surface area (Å²) in [4.78, 5) is 25.8. The molecule has 0 fully saturated rings. The number of carbonyl (C=O) groups excluding carboxylic acids is 2. The summed E-state index contributed by atoms with van der Waals surface area (Å²) in [7, 11) is 0. The number of aliphatic hydroxyl groups is 1. The normalized spacial score (nSPS) is 14.2. The van der Waals surface area contributed by atoms with E-state index in [0.29, 0.717) is 19.0 Å². The molecular formula is C27H39N3O4. The van der Waals surface area contributed by atoms with E-state index in [1.807, 2.05) is 74.5 Å². The Morgan fingerprint density at radius 3 is 2.12 bits per heavy atom. The second-order valence-electron chi connectivity index (χ2n) is 9.90. The lowest BCUT2D eigenvalue weighted by Crippen LogP contribution is -2.46. The summed E-state index contributed by atoms with van der Waals surface area (Å²) in [6.45, 7) is 10.3. The minimum absolute atomic E-state index is 0.171. The fourth-order valence-corrected chi connectivity index (χ4v) is 3.44. The zero-order chi connectivity index (χ0) is 25.1. The van der Waals surface area contributed by atoms with E-state index < -0.39 is 29.8 Å². The largest absolute Gasteiger partial charge is 0.460 e. The number of esters is 1. The third-order valence-corrected chi connectivity index (χ3v) is 5.12. The molecule has 0 heterocycles. The monoisotopic (exact) mass is 469 g/mol. The van der Waals surface area contributed by atoms with Gasteiger partial charge in [-0.3, -0.25) is 10.1 Å². The van der Waals surface area contributed by atoms with Crippen molar-refractivity contribution >= 4 is 12.0 Å². The molecule has 0 saturated carbocycles. The summed E-state index contributed by atoms with van der Waals surface area (Å²) >= 11 is 0. The summed E-state index contributed by atoms with van der Waals surface area (Å²) in [6.07, 6.45) is -0.943. The van der Waals surface area contributed by atoms with Crippen LogP contribution in [0.15, 0.2) is 60.7 Å². The van der Waals surface area contributed by atoms with Gasteiger partial charge in [-0.25, -0.2) is 4.79 Å². The minimum Gasteiger partial charge on any atom is -0.460 e. The lowest BCUT2D eigenvalue weighted by atomic mass is 9.92. The van der Waals surface area contributed by atoms with Crippen molar-refractivity contribution in [2.24, 2.45) is 11.8 Å². The predicted molar refractivity (Wildman–Crippen MR) is 134 cm³/mol. The van der Waals surface area contributed by atoms with Crippen molar-refractivity contribution in [1.82, 2.24) is 16.0 Å². The van der Waals surface area contributed by atoms with Crippen LogP contribution in [0.1, 0.15) is 58.2 Å². The van der Waals surface area contributed by atoms with E-state index >= 15 is 0 Å². The first-order valence-corrected chi connectivity index (χ1v) is 11.8. The molecule has 7 nitrogen and oxygen atoms in total. The van der Waals surface area contributed by atoms with Crippen LogP contribution >= 0.6 is 0 Å². The third kappa shape index (κ3) is 9.93. The minimum atomic E-state index is -1.11. The lowest BCUT2D eigenvalue weighted by molar-refractivity contribution is -0.165. The van der Waals surface area contributed by atoms with E-state index in [4.69, 9.17) is 4.74 Å². The van der Waals surface area contributed by atoms with E-state index in [9.17, 15) is 14.7 Å². The molecule has 0 saturated heterocycles. The van der Waals surface area contributed by atoms with Crippen LogP contribution in [0.2, 0.25) is 0 Å². The third-order valence-electron chi connectivity index (χ3n) is 5.12. The van der Waals surface area contributed by atoms with Crippen molar-refractivity contribution in [2.75, 3.05) is 6.54 Å². The Hall–Kier alpha value is -2.90. The first kappa shape index (κ1) is 27.3. The number of rotatable bonds is 11. The zero-order valence-electron chi connectivity index (χ0n) is 20.9. The van der Waals surface area contributed by atoms with Gasteiger partial charge in [-0.15, -0.1) is 0 Å². The molecule has 0 aromatic heterocycles. The SMILES string of the molecule is CC(C)CNC(O)C(CC(NC(=O)NCc1ccccc1)c1ccccc1)C(=O)OC(C)(C)C. The van der Waals surface area contributed by atoms with Crippen LogP contribution in [0, 0.1) is 11.8 Å². The fourth-order valence-electron chi connectivity index (χ4n) is 3.44. The van der Waals surface area contributed by atoms with Gasteiger partial charge in [0, 0.05) is 6.54 Å². The number of nitrogens with one attached hydrogen (secondary N) is 3. The molecule has 0 aliphatic heterocycles. The lowest BCUT2D eigenvalue weighted by Gasteiger charge is -2.30. The first-order valence-electron chi connectivity index (χ1n) is 11.8. The average molecular weight is 470 g/mol. The molecular weight excluding hydrogens is 430 g/mol. The van der Waals surface area contributed by atoms with Gasteiger partial charge in [0.05, 0.1) is 12.0 Å². The van der Waals surface area contributed by atoms with Crippen molar-refractivity contribution in [3.8, 4) is 0 Å². The summed E-state index contributed by atoms with van der Waals surface area (Å²) in [5.74, 6) is -1.10. The highest BCUT2D eigenvalue weighted by Crippen LogP contribution is 2.26. The van der Waals surface area contributed by atoms with Gasteiger partial charge in [0.2, 0.25) is 0 Å². The Morgan fingerprint density at radius 2 is 1.56 bits per heavy atom. The molecule has 0 bridgehead atoms. The number of amides is 2. The standard InChI is InChI=1S/C27H39N3O4/c1-19(2)17-28-24(31)22(25(32)34-27(3,4)5)16-23(21-14-10-7-11-15-21)30-26(33)29-18-20-12-8-6-9-13-20/h6-15,19,22-24,28,31H,16-18H2,1-5H3,(H2,29,30,33). The Balaban J connectivity index is 2.19. The number of hydrogen-bond acceptors (Lipinski definition) is 5. The zero-order valence-corrected chi connectivity index (χ0v) is 20.9. The summed E-state index contributed by atoms with van der Waals surface area (Å²) in [6, 6.07) is 18.2. The molecule has 0 radical (unpaired) electrons. The van der Waals surface area contributed by atoms with Gasteiger partial charge in [-0.1, -0.05) is 74.5 Å². The van der Waals surface area contributed by atoms with Crippen molar-refractivity contribution < 1.29 is 19.4 Å². The topological polar surface area (TPSA) is 99.7 Å². The Morgan fingerprint density at radius 1 is 0.971 bits per heavy atom. The van der Waals surface area contributed by atoms with Gasteiger partial charge in [-0.05, 0) is 50.8 Å². The van der Waals surface area contributed by atoms with Crippen molar-refractivity contribution in [2.45, 2.75) is 65.5 Å². The van der Waals surface area contributed by atoms with Gasteiger partial charge < -0.3 is 20.5 Å². The number of urea groups is 1. The highest BCUT2D eigenvalue weighted by atomic mass is 16.6. The second kappa shape index (κ2) is 13.1. The van der Waals surface area contributed by atoms with Crippen molar-refractivity contribution in [3.63, 3.8) is 0 Å². The van der Waals surface area contributed by atoms with Crippen molar-refractivity contribution in [1.29, 1.82) is 0 Å². The quantitative estimate of drug-likeness (QED) is 0.293. The Bertz CT molecular complexity index is 882. The number of benzene rings is 2. The molecule has 0 aliphatic rings. The molecule has 3 atom stereocenters. The van der Waals surface area contributed by atoms with E-state index in [2.05, 4.69) is 16.0 Å². The molecule has 2 aromatic rings. The van der Waals surface area contributed by atoms with Crippen LogP contribution in [0.3, 0.4) is 0 Å². The molecule has 0 spiro atoms. The smallest absolute Gasteiger partial charge is 0.315 e. The van der Waals surface area contributed by atoms with E-state index in [1.54, 1.807) is 20.8 Å². The van der Waals surface area contributed by atoms with Crippen LogP contribution in [0.5, 0.6) is 0 Å². The average Bonchev–Trinajstić information content (AvgIpc) is 2.78. The first-order chi connectivity index (χ1) is 16.0. The van der Waals surface area contributed by atoms with Gasteiger partial charge in [0.15, 0.2) is 0 Å².